The predicted octanol–water partition coefficient (Wildman–Crippen LogP) is 7.98. The lowest BCUT2D eigenvalue weighted by molar-refractivity contribution is 0.0724. The lowest BCUT2D eigenvalue weighted by Gasteiger charge is -2.26. The lowest BCUT2D eigenvalue weighted by atomic mass is 9.78. The van der Waals surface area contributed by atoms with Crippen molar-refractivity contribution in [2.75, 3.05) is 0 Å². The van der Waals surface area contributed by atoms with Gasteiger partial charge < -0.3 is 9.47 Å². The van der Waals surface area contributed by atoms with Gasteiger partial charge in [-0.1, -0.05) is 62.4 Å². The Labute approximate surface area is 221 Å². The molecule has 0 saturated carbocycles. The number of halogens is 2. The molecular weight excluding hydrogens is 572 g/mol. The molecule has 0 saturated heterocycles. The van der Waals surface area contributed by atoms with E-state index in [1.807, 2.05) is 60.7 Å². The van der Waals surface area contributed by atoms with E-state index in [1.165, 1.54) is 0 Å². The topological polar surface area (TPSA) is 52.6 Å². The van der Waals surface area contributed by atoms with Gasteiger partial charge in [0.2, 0.25) is 0 Å². The first-order valence-electron chi connectivity index (χ1n) is 10.9. The van der Waals surface area contributed by atoms with Crippen LogP contribution in [0.3, 0.4) is 0 Å². The SMILES string of the molecule is CC(C)(c1ccc(C(=O)Oc2ccccc2Br)cc1)c1ccc(C(=O)Oc2ccccc2Br)cc1. The number of esters is 2. The summed E-state index contributed by atoms with van der Waals surface area (Å²) in [6, 6.07) is 29.2. The molecule has 0 spiro atoms. The molecular formula is C29H22Br2O4. The Bertz CT molecular complexity index is 1260. The molecule has 0 N–H and O–H groups in total. The van der Waals surface area contributed by atoms with E-state index in [2.05, 4.69) is 45.7 Å². The minimum Gasteiger partial charge on any atom is -0.422 e. The van der Waals surface area contributed by atoms with Gasteiger partial charge in [0.25, 0.3) is 0 Å². The summed E-state index contributed by atoms with van der Waals surface area (Å²) in [4.78, 5) is 25.1. The molecule has 0 unspecified atom stereocenters. The van der Waals surface area contributed by atoms with Gasteiger partial charge in [-0.25, -0.2) is 9.59 Å². The van der Waals surface area contributed by atoms with Crippen LogP contribution in [0.25, 0.3) is 0 Å². The van der Waals surface area contributed by atoms with Crippen LogP contribution in [0.1, 0.15) is 45.7 Å². The number of carbonyl (C=O) groups is 2. The Kier molecular flexibility index (Phi) is 7.53. The summed E-state index contributed by atoms with van der Waals surface area (Å²) in [5.74, 6) is 0.101. The van der Waals surface area contributed by atoms with Crippen LogP contribution < -0.4 is 9.47 Å². The molecule has 0 bridgehead atoms. The number of ether oxygens (including phenoxy) is 2. The molecule has 176 valence electrons. The Balaban J connectivity index is 1.47. The van der Waals surface area contributed by atoms with Crippen molar-refractivity contribution in [3.05, 3.63) is 128 Å². The fourth-order valence-corrected chi connectivity index (χ4v) is 4.32. The first-order valence-corrected chi connectivity index (χ1v) is 12.5. The third-order valence-corrected chi connectivity index (χ3v) is 7.07. The van der Waals surface area contributed by atoms with Crippen LogP contribution in [0.2, 0.25) is 0 Å². The van der Waals surface area contributed by atoms with Crippen LogP contribution in [0, 0.1) is 0 Å². The van der Waals surface area contributed by atoms with Gasteiger partial charge in [0.1, 0.15) is 11.5 Å². The minimum absolute atomic E-state index is 0.351. The summed E-state index contributed by atoms with van der Waals surface area (Å²) < 4.78 is 12.4. The third kappa shape index (κ3) is 5.72. The van der Waals surface area contributed by atoms with Crippen LogP contribution in [0.15, 0.2) is 106 Å². The van der Waals surface area contributed by atoms with E-state index in [-0.39, 0.29) is 5.41 Å². The predicted molar refractivity (Wildman–Crippen MR) is 143 cm³/mol. The van der Waals surface area contributed by atoms with Crippen molar-refractivity contribution in [1.29, 1.82) is 0 Å². The van der Waals surface area contributed by atoms with E-state index in [0.717, 1.165) is 20.1 Å². The zero-order chi connectivity index (χ0) is 25.0. The highest BCUT2D eigenvalue weighted by Crippen LogP contribution is 2.32. The maximum atomic E-state index is 12.6. The highest BCUT2D eigenvalue weighted by Gasteiger charge is 2.24. The maximum absolute atomic E-state index is 12.6. The Hall–Kier alpha value is -3.22. The average molecular weight is 594 g/mol. The van der Waals surface area contributed by atoms with Crippen LogP contribution in [-0.4, -0.2) is 11.9 Å². The number of para-hydroxylation sites is 2. The monoisotopic (exact) mass is 592 g/mol. The Morgan fingerprint density at radius 2 is 0.914 bits per heavy atom. The van der Waals surface area contributed by atoms with Crippen molar-refractivity contribution in [2.45, 2.75) is 19.3 Å². The smallest absolute Gasteiger partial charge is 0.343 e. The molecule has 0 atom stereocenters. The second kappa shape index (κ2) is 10.6. The average Bonchev–Trinajstić information content (AvgIpc) is 2.87. The van der Waals surface area contributed by atoms with Gasteiger partial charge in [0.05, 0.1) is 20.1 Å². The Morgan fingerprint density at radius 1 is 0.571 bits per heavy atom. The van der Waals surface area contributed by atoms with E-state index < -0.39 is 11.9 Å². The van der Waals surface area contributed by atoms with Crippen LogP contribution in [-0.2, 0) is 5.41 Å². The normalized spacial score (nSPS) is 11.1. The number of rotatable bonds is 6. The fourth-order valence-electron chi connectivity index (χ4n) is 3.59. The lowest BCUT2D eigenvalue weighted by Crippen LogP contribution is -2.20. The molecule has 6 heteroatoms. The molecule has 35 heavy (non-hydrogen) atoms. The van der Waals surface area contributed by atoms with Crippen molar-refractivity contribution in [1.82, 2.24) is 0 Å². The highest BCUT2D eigenvalue weighted by molar-refractivity contribution is 9.10. The largest absolute Gasteiger partial charge is 0.422 e. The van der Waals surface area contributed by atoms with Crippen LogP contribution >= 0.6 is 31.9 Å². The van der Waals surface area contributed by atoms with Crippen LogP contribution in [0.4, 0.5) is 0 Å². The molecule has 0 aliphatic heterocycles. The Morgan fingerprint density at radius 3 is 1.26 bits per heavy atom. The summed E-state index contributed by atoms with van der Waals surface area (Å²) in [5, 5.41) is 0. The van der Waals surface area contributed by atoms with Crippen molar-refractivity contribution in [3.8, 4) is 11.5 Å². The molecule has 0 amide bonds. The summed E-state index contributed by atoms with van der Waals surface area (Å²) in [6.07, 6.45) is 0. The second-order valence-corrected chi connectivity index (χ2v) is 10.1. The quantitative estimate of drug-likeness (QED) is 0.168. The van der Waals surface area contributed by atoms with Gasteiger partial charge >= 0.3 is 11.9 Å². The van der Waals surface area contributed by atoms with Crippen LogP contribution in [0.5, 0.6) is 11.5 Å². The minimum atomic E-state index is -0.422. The van der Waals surface area contributed by atoms with E-state index in [4.69, 9.17) is 9.47 Å². The molecule has 4 aromatic carbocycles. The van der Waals surface area contributed by atoms with Gasteiger partial charge in [-0.05, 0) is 91.5 Å². The van der Waals surface area contributed by atoms with Crippen molar-refractivity contribution in [2.24, 2.45) is 0 Å². The summed E-state index contributed by atoms with van der Waals surface area (Å²) in [6.45, 7) is 4.19. The van der Waals surface area contributed by atoms with Crippen molar-refractivity contribution in [3.63, 3.8) is 0 Å². The van der Waals surface area contributed by atoms with Gasteiger partial charge in [0, 0.05) is 5.41 Å². The standard InChI is InChI=1S/C29H22Br2O4/c1-29(2,21-15-11-19(12-16-21)27(32)34-25-9-5-3-7-23(25)30)22-17-13-20(14-18-22)28(33)35-26-10-6-4-8-24(26)31/h3-18H,1-2H3. The highest BCUT2D eigenvalue weighted by atomic mass is 79.9. The zero-order valence-corrected chi connectivity index (χ0v) is 22.3. The first kappa shape index (κ1) is 24.9. The van der Waals surface area contributed by atoms with E-state index in [1.54, 1.807) is 36.4 Å². The number of hydrogen-bond donors (Lipinski definition) is 0. The second-order valence-electron chi connectivity index (χ2n) is 8.42. The summed E-state index contributed by atoms with van der Waals surface area (Å²) in [7, 11) is 0. The van der Waals surface area contributed by atoms with Crippen molar-refractivity contribution >= 4 is 43.8 Å². The number of carbonyl (C=O) groups excluding carboxylic acids is 2. The third-order valence-electron chi connectivity index (χ3n) is 5.76. The van der Waals surface area contributed by atoms with Gasteiger partial charge in [-0.2, -0.15) is 0 Å². The van der Waals surface area contributed by atoms with Gasteiger partial charge in [-0.3, -0.25) is 0 Å². The molecule has 0 fully saturated rings. The maximum Gasteiger partial charge on any atom is 0.343 e. The van der Waals surface area contributed by atoms with E-state index in [0.29, 0.717) is 22.6 Å². The molecule has 0 aliphatic rings. The molecule has 0 heterocycles. The van der Waals surface area contributed by atoms with Gasteiger partial charge in [-0.15, -0.1) is 0 Å². The molecule has 4 nitrogen and oxygen atoms in total. The van der Waals surface area contributed by atoms with Crippen molar-refractivity contribution < 1.29 is 19.1 Å². The van der Waals surface area contributed by atoms with E-state index >= 15 is 0 Å². The summed E-state index contributed by atoms with van der Waals surface area (Å²) >= 11 is 6.77. The summed E-state index contributed by atoms with van der Waals surface area (Å²) in [5.41, 5.74) is 2.63. The fraction of sp³-hybridized carbons (Fsp3) is 0.103. The molecule has 0 aliphatic carbocycles. The number of benzene rings is 4. The molecule has 4 aromatic rings. The molecule has 4 rings (SSSR count). The van der Waals surface area contributed by atoms with E-state index in [9.17, 15) is 9.59 Å². The van der Waals surface area contributed by atoms with Gasteiger partial charge in [0.15, 0.2) is 0 Å². The molecule has 0 aromatic heterocycles. The molecule has 0 radical (unpaired) electrons. The zero-order valence-electron chi connectivity index (χ0n) is 19.1. The first-order chi connectivity index (χ1) is 16.8. The number of hydrogen-bond acceptors (Lipinski definition) is 4.